The van der Waals surface area contributed by atoms with Gasteiger partial charge in [-0.1, -0.05) is 19.9 Å². The fraction of sp³-hybridized carbons (Fsp3) is 0.471. The Morgan fingerprint density at radius 2 is 2.05 bits per heavy atom. The molecule has 0 saturated heterocycles. The van der Waals surface area contributed by atoms with Crippen LogP contribution in [0.3, 0.4) is 0 Å². The molecular weight excluding hydrogens is 262 g/mol. The predicted octanol–water partition coefficient (Wildman–Crippen LogP) is 3.16. The number of benzene rings is 1. The topological polar surface area (TPSA) is 39.1 Å². The summed E-state index contributed by atoms with van der Waals surface area (Å²) in [6.45, 7) is 6.18. The molecule has 0 unspecified atom stereocenters. The summed E-state index contributed by atoms with van der Waals surface area (Å²) in [5.74, 6) is 0.897. The van der Waals surface area contributed by atoms with E-state index in [4.69, 9.17) is 4.74 Å². The van der Waals surface area contributed by atoms with Gasteiger partial charge in [0.25, 0.3) is 0 Å². The Balaban J connectivity index is 2.40. The number of nitrogens with zero attached hydrogens (tertiary/aromatic N) is 2. The molecule has 0 radical (unpaired) electrons. The molecule has 1 heterocycles. The minimum atomic E-state index is 0.846. The fourth-order valence-electron chi connectivity index (χ4n) is 2.53. The largest absolute Gasteiger partial charge is 0.497 e. The molecule has 1 aromatic heterocycles. The van der Waals surface area contributed by atoms with E-state index >= 15 is 0 Å². The summed E-state index contributed by atoms with van der Waals surface area (Å²) in [5.41, 5.74) is 4.85. The summed E-state index contributed by atoms with van der Waals surface area (Å²) >= 11 is 0. The lowest BCUT2D eigenvalue weighted by atomic mass is 9.99. The van der Waals surface area contributed by atoms with Gasteiger partial charge in [0, 0.05) is 25.4 Å². The lowest BCUT2D eigenvalue weighted by Gasteiger charge is -2.12. The van der Waals surface area contributed by atoms with Gasteiger partial charge in [-0.05, 0) is 42.6 Å². The first-order chi connectivity index (χ1) is 10.2. The van der Waals surface area contributed by atoms with Crippen molar-refractivity contribution in [1.29, 1.82) is 0 Å². The Morgan fingerprint density at radius 1 is 1.24 bits per heavy atom. The van der Waals surface area contributed by atoms with E-state index in [9.17, 15) is 0 Å². The minimum absolute atomic E-state index is 0.846. The molecule has 0 atom stereocenters. The standard InChI is InChI=1S/C17H25N3O/c1-5-9-18-11-13-10-14(21-4)7-8-15(13)16-12-20(3)19-17(16)6-2/h7-8,10,12,18H,5-6,9,11H2,1-4H3. The van der Waals surface area contributed by atoms with Crippen molar-refractivity contribution in [2.24, 2.45) is 7.05 Å². The van der Waals surface area contributed by atoms with E-state index in [-0.39, 0.29) is 0 Å². The zero-order valence-electron chi connectivity index (χ0n) is 13.4. The molecule has 0 fully saturated rings. The van der Waals surface area contributed by atoms with Gasteiger partial charge >= 0.3 is 0 Å². The van der Waals surface area contributed by atoms with Gasteiger partial charge < -0.3 is 10.1 Å². The number of hydrogen-bond acceptors (Lipinski definition) is 3. The molecule has 0 aliphatic carbocycles. The Hall–Kier alpha value is -1.81. The van der Waals surface area contributed by atoms with E-state index in [0.29, 0.717) is 0 Å². The van der Waals surface area contributed by atoms with Crippen molar-refractivity contribution in [3.8, 4) is 16.9 Å². The smallest absolute Gasteiger partial charge is 0.119 e. The zero-order chi connectivity index (χ0) is 15.2. The molecular formula is C17H25N3O. The second-order valence-corrected chi connectivity index (χ2v) is 5.22. The van der Waals surface area contributed by atoms with E-state index in [1.807, 2.05) is 17.8 Å². The SMILES string of the molecule is CCCNCc1cc(OC)ccc1-c1cn(C)nc1CC. The molecule has 1 N–H and O–H groups in total. The van der Waals surface area contributed by atoms with E-state index < -0.39 is 0 Å². The number of methoxy groups -OCH3 is 1. The first kappa shape index (κ1) is 15.6. The van der Waals surface area contributed by atoms with Crippen LogP contribution in [0.5, 0.6) is 5.75 Å². The van der Waals surface area contributed by atoms with Crippen LogP contribution in [-0.2, 0) is 20.0 Å². The Kier molecular flexibility index (Phi) is 5.39. The molecule has 4 heteroatoms. The molecule has 2 rings (SSSR count). The molecule has 1 aromatic carbocycles. The Labute approximate surface area is 127 Å². The van der Waals surface area contributed by atoms with Gasteiger partial charge in [-0.2, -0.15) is 5.10 Å². The highest BCUT2D eigenvalue weighted by Gasteiger charge is 2.13. The summed E-state index contributed by atoms with van der Waals surface area (Å²) in [5, 5.41) is 8.03. The van der Waals surface area contributed by atoms with Crippen molar-refractivity contribution in [3.05, 3.63) is 35.7 Å². The maximum Gasteiger partial charge on any atom is 0.119 e. The summed E-state index contributed by atoms with van der Waals surface area (Å²) in [4.78, 5) is 0. The Bertz CT molecular complexity index is 590. The van der Waals surface area contributed by atoms with Crippen molar-refractivity contribution >= 4 is 0 Å². The lowest BCUT2D eigenvalue weighted by Crippen LogP contribution is -2.14. The van der Waals surface area contributed by atoms with E-state index in [0.717, 1.165) is 37.4 Å². The molecule has 0 bridgehead atoms. The second-order valence-electron chi connectivity index (χ2n) is 5.22. The summed E-state index contributed by atoms with van der Waals surface area (Å²) in [6, 6.07) is 6.27. The second kappa shape index (κ2) is 7.27. The number of ether oxygens (including phenoxy) is 1. The predicted molar refractivity (Wildman–Crippen MR) is 86.6 cm³/mol. The summed E-state index contributed by atoms with van der Waals surface area (Å²) < 4.78 is 7.26. The van der Waals surface area contributed by atoms with Gasteiger partial charge in [0.15, 0.2) is 0 Å². The number of hydrogen-bond donors (Lipinski definition) is 1. The molecule has 0 aliphatic rings. The van der Waals surface area contributed by atoms with Crippen LogP contribution < -0.4 is 10.1 Å². The van der Waals surface area contributed by atoms with Crippen LogP contribution in [0.4, 0.5) is 0 Å². The van der Waals surface area contributed by atoms with Crippen LogP contribution in [0.1, 0.15) is 31.5 Å². The van der Waals surface area contributed by atoms with Crippen molar-refractivity contribution in [3.63, 3.8) is 0 Å². The molecule has 0 spiro atoms. The van der Waals surface area contributed by atoms with Gasteiger partial charge in [-0.3, -0.25) is 4.68 Å². The highest BCUT2D eigenvalue weighted by molar-refractivity contribution is 5.70. The van der Waals surface area contributed by atoms with Crippen LogP contribution in [0.2, 0.25) is 0 Å². The van der Waals surface area contributed by atoms with Crippen LogP contribution in [0.25, 0.3) is 11.1 Å². The van der Waals surface area contributed by atoms with Crippen molar-refractivity contribution < 1.29 is 4.74 Å². The average Bonchev–Trinajstić information content (AvgIpc) is 2.88. The minimum Gasteiger partial charge on any atom is -0.497 e. The van der Waals surface area contributed by atoms with Crippen LogP contribution in [0.15, 0.2) is 24.4 Å². The van der Waals surface area contributed by atoms with E-state index in [1.165, 1.54) is 16.7 Å². The van der Waals surface area contributed by atoms with Gasteiger partial charge in [0.2, 0.25) is 0 Å². The highest BCUT2D eigenvalue weighted by Crippen LogP contribution is 2.30. The maximum atomic E-state index is 5.37. The van der Waals surface area contributed by atoms with Crippen LogP contribution >= 0.6 is 0 Å². The number of aryl methyl sites for hydroxylation is 2. The van der Waals surface area contributed by atoms with E-state index in [1.54, 1.807) is 7.11 Å². The van der Waals surface area contributed by atoms with E-state index in [2.05, 4.69) is 42.6 Å². The highest BCUT2D eigenvalue weighted by atomic mass is 16.5. The van der Waals surface area contributed by atoms with Gasteiger partial charge in [0.05, 0.1) is 12.8 Å². The average molecular weight is 287 g/mol. The van der Waals surface area contributed by atoms with Gasteiger partial charge in [-0.25, -0.2) is 0 Å². The van der Waals surface area contributed by atoms with Crippen LogP contribution in [0, 0.1) is 0 Å². The third-order valence-electron chi connectivity index (χ3n) is 3.58. The third kappa shape index (κ3) is 3.64. The first-order valence-electron chi connectivity index (χ1n) is 7.60. The van der Waals surface area contributed by atoms with Crippen molar-refractivity contribution in [1.82, 2.24) is 15.1 Å². The van der Waals surface area contributed by atoms with Crippen LogP contribution in [-0.4, -0.2) is 23.4 Å². The van der Waals surface area contributed by atoms with Crippen molar-refractivity contribution in [2.45, 2.75) is 33.2 Å². The number of nitrogens with one attached hydrogen (secondary N) is 1. The molecule has 2 aromatic rings. The molecule has 114 valence electrons. The third-order valence-corrected chi connectivity index (χ3v) is 3.58. The Morgan fingerprint density at radius 3 is 2.71 bits per heavy atom. The fourth-order valence-corrected chi connectivity index (χ4v) is 2.53. The molecule has 0 amide bonds. The quantitative estimate of drug-likeness (QED) is 0.795. The monoisotopic (exact) mass is 287 g/mol. The molecule has 0 aliphatic heterocycles. The summed E-state index contributed by atoms with van der Waals surface area (Å²) in [7, 11) is 3.68. The number of rotatable bonds is 7. The van der Waals surface area contributed by atoms with Gasteiger partial charge in [0.1, 0.15) is 5.75 Å². The lowest BCUT2D eigenvalue weighted by molar-refractivity contribution is 0.414. The molecule has 21 heavy (non-hydrogen) atoms. The van der Waals surface area contributed by atoms with Gasteiger partial charge in [-0.15, -0.1) is 0 Å². The maximum absolute atomic E-state index is 5.37. The van der Waals surface area contributed by atoms with Crippen molar-refractivity contribution in [2.75, 3.05) is 13.7 Å². The normalized spacial score (nSPS) is 10.9. The number of aromatic nitrogens is 2. The molecule has 4 nitrogen and oxygen atoms in total. The molecule has 0 saturated carbocycles. The zero-order valence-corrected chi connectivity index (χ0v) is 13.4. The summed E-state index contributed by atoms with van der Waals surface area (Å²) in [6.07, 6.45) is 4.17. The first-order valence-corrected chi connectivity index (χ1v) is 7.60.